The lowest BCUT2D eigenvalue weighted by molar-refractivity contribution is -0.0872. The summed E-state index contributed by atoms with van der Waals surface area (Å²) in [6, 6.07) is 19.6. The Bertz CT molecular complexity index is 742. The van der Waals surface area contributed by atoms with Gasteiger partial charge in [-0.25, -0.2) is 0 Å². The fourth-order valence-electron chi connectivity index (χ4n) is 4.62. The summed E-state index contributed by atoms with van der Waals surface area (Å²) in [5.41, 5.74) is 3.53. The van der Waals surface area contributed by atoms with Gasteiger partial charge >= 0.3 is 0 Å². The standard InChI is InChI=1S/C24H29NO2/c1-2-6-18-9-11-20(12-10-18)24(26)21-13-22-16-27-17-23(14-21)25(22)15-19-7-4-3-5-8-19/h3-5,7-12,21-23H,2,6,13-17H2,1H3. The van der Waals surface area contributed by atoms with E-state index in [1.807, 2.05) is 12.1 Å². The second-order valence-corrected chi connectivity index (χ2v) is 7.98. The molecule has 2 aromatic rings. The topological polar surface area (TPSA) is 29.5 Å². The molecule has 2 bridgehead atoms. The van der Waals surface area contributed by atoms with Crippen molar-refractivity contribution in [1.29, 1.82) is 0 Å². The monoisotopic (exact) mass is 363 g/mol. The predicted octanol–water partition coefficient (Wildman–Crippen LogP) is 4.50. The van der Waals surface area contributed by atoms with Gasteiger partial charge in [0.2, 0.25) is 0 Å². The van der Waals surface area contributed by atoms with Crippen LogP contribution in [0.1, 0.15) is 47.7 Å². The first-order valence-electron chi connectivity index (χ1n) is 10.2. The normalized spacial score (nSPS) is 25.3. The second-order valence-electron chi connectivity index (χ2n) is 7.98. The fraction of sp³-hybridized carbons (Fsp3) is 0.458. The van der Waals surface area contributed by atoms with Gasteiger partial charge in [-0.05, 0) is 30.4 Å². The van der Waals surface area contributed by atoms with Crippen molar-refractivity contribution in [1.82, 2.24) is 4.90 Å². The highest BCUT2D eigenvalue weighted by molar-refractivity contribution is 5.98. The predicted molar refractivity (Wildman–Crippen MR) is 108 cm³/mol. The average molecular weight is 364 g/mol. The third-order valence-corrected chi connectivity index (χ3v) is 6.03. The quantitative estimate of drug-likeness (QED) is 0.708. The maximum absolute atomic E-state index is 13.1. The van der Waals surface area contributed by atoms with Crippen LogP contribution in [0.4, 0.5) is 0 Å². The molecule has 0 N–H and O–H groups in total. The lowest BCUT2D eigenvalue weighted by atomic mass is 9.80. The number of nitrogens with zero attached hydrogens (tertiary/aromatic N) is 1. The molecule has 0 radical (unpaired) electrons. The van der Waals surface area contributed by atoms with Gasteiger partial charge in [-0.3, -0.25) is 9.69 Å². The van der Waals surface area contributed by atoms with Crippen molar-refractivity contribution in [3.63, 3.8) is 0 Å². The number of carbonyl (C=O) groups excluding carboxylic acids is 1. The van der Waals surface area contributed by atoms with E-state index in [-0.39, 0.29) is 5.92 Å². The fourth-order valence-corrected chi connectivity index (χ4v) is 4.62. The van der Waals surface area contributed by atoms with Gasteiger partial charge in [0.25, 0.3) is 0 Å². The van der Waals surface area contributed by atoms with Crippen LogP contribution in [0.5, 0.6) is 0 Å². The molecule has 2 aliphatic heterocycles. The average Bonchev–Trinajstić information content (AvgIpc) is 2.69. The third-order valence-electron chi connectivity index (χ3n) is 6.03. The number of piperidine rings is 1. The summed E-state index contributed by atoms with van der Waals surface area (Å²) in [6.45, 7) is 4.61. The Morgan fingerprint density at radius 2 is 1.63 bits per heavy atom. The van der Waals surface area contributed by atoms with E-state index in [0.29, 0.717) is 17.9 Å². The van der Waals surface area contributed by atoms with Crippen molar-refractivity contribution in [3.05, 3.63) is 71.3 Å². The molecule has 2 aromatic carbocycles. The Labute approximate surface area is 162 Å². The molecular formula is C24H29NO2. The number of aryl methyl sites for hydroxylation is 1. The number of hydrogen-bond acceptors (Lipinski definition) is 3. The van der Waals surface area contributed by atoms with Crippen LogP contribution >= 0.6 is 0 Å². The van der Waals surface area contributed by atoms with E-state index in [2.05, 4.69) is 54.3 Å². The van der Waals surface area contributed by atoms with E-state index in [9.17, 15) is 4.79 Å². The number of ketones is 1. The second kappa shape index (κ2) is 8.37. The Morgan fingerprint density at radius 3 is 2.26 bits per heavy atom. The van der Waals surface area contributed by atoms with Crippen molar-refractivity contribution in [3.8, 4) is 0 Å². The van der Waals surface area contributed by atoms with Crippen LogP contribution in [-0.2, 0) is 17.7 Å². The first-order valence-corrected chi connectivity index (χ1v) is 10.2. The molecule has 3 heteroatoms. The number of morpholine rings is 1. The third kappa shape index (κ3) is 4.15. The highest BCUT2D eigenvalue weighted by Crippen LogP contribution is 2.34. The summed E-state index contributed by atoms with van der Waals surface area (Å²) < 4.78 is 5.83. The van der Waals surface area contributed by atoms with E-state index in [4.69, 9.17) is 4.74 Å². The van der Waals surface area contributed by atoms with Crippen molar-refractivity contribution in [2.75, 3.05) is 13.2 Å². The lowest BCUT2D eigenvalue weighted by Crippen LogP contribution is -2.57. The molecule has 2 heterocycles. The molecule has 2 saturated heterocycles. The van der Waals surface area contributed by atoms with Gasteiger partial charge in [-0.15, -0.1) is 0 Å². The van der Waals surface area contributed by atoms with E-state index < -0.39 is 0 Å². The van der Waals surface area contributed by atoms with Crippen LogP contribution in [0.2, 0.25) is 0 Å². The van der Waals surface area contributed by atoms with E-state index in [0.717, 1.165) is 51.0 Å². The first-order chi connectivity index (χ1) is 13.2. The molecule has 0 spiro atoms. The Hall–Kier alpha value is -1.97. The summed E-state index contributed by atoms with van der Waals surface area (Å²) >= 11 is 0. The van der Waals surface area contributed by atoms with Crippen LogP contribution in [0, 0.1) is 5.92 Å². The summed E-state index contributed by atoms with van der Waals surface area (Å²) in [4.78, 5) is 15.7. The lowest BCUT2D eigenvalue weighted by Gasteiger charge is -2.48. The zero-order valence-corrected chi connectivity index (χ0v) is 16.1. The number of ether oxygens (including phenoxy) is 1. The summed E-state index contributed by atoms with van der Waals surface area (Å²) in [5, 5.41) is 0. The maximum atomic E-state index is 13.1. The number of fused-ring (bicyclic) bond motifs is 2. The molecule has 2 aliphatic rings. The zero-order valence-electron chi connectivity index (χ0n) is 16.1. The first kappa shape index (κ1) is 18.4. The Kier molecular flexibility index (Phi) is 5.70. The summed E-state index contributed by atoms with van der Waals surface area (Å²) in [7, 11) is 0. The van der Waals surface area contributed by atoms with Crippen LogP contribution in [0.15, 0.2) is 54.6 Å². The van der Waals surface area contributed by atoms with Crippen molar-refractivity contribution < 1.29 is 9.53 Å². The molecule has 0 saturated carbocycles. The molecule has 142 valence electrons. The van der Waals surface area contributed by atoms with E-state index >= 15 is 0 Å². The largest absolute Gasteiger partial charge is 0.378 e. The smallest absolute Gasteiger partial charge is 0.166 e. The number of Topliss-reactive ketones (excluding diaryl/α,β-unsaturated/α-hetero) is 1. The molecule has 0 amide bonds. The van der Waals surface area contributed by atoms with E-state index in [1.165, 1.54) is 11.1 Å². The molecule has 2 unspecified atom stereocenters. The summed E-state index contributed by atoms with van der Waals surface area (Å²) in [6.07, 6.45) is 4.02. The van der Waals surface area contributed by atoms with Gasteiger partial charge in [-0.1, -0.05) is 67.9 Å². The minimum atomic E-state index is 0.118. The van der Waals surface area contributed by atoms with Gasteiger partial charge in [0.1, 0.15) is 0 Å². The Morgan fingerprint density at radius 1 is 0.963 bits per heavy atom. The Balaban J connectivity index is 1.45. The number of benzene rings is 2. The van der Waals surface area contributed by atoms with Crippen molar-refractivity contribution in [2.24, 2.45) is 5.92 Å². The van der Waals surface area contributed by atoms with Gasteiger partial charge in [0.15, 0.2) is 5.78 Å². The molecule has 2 fully saturated rings. The minimum absolute atomic E-state index is 0.118. The van der Waals surface area contributed by atoms with Crippen LogP contribution in [-0.4, -0.2) is 36.0 Å². The SMILES string of the molecule is CCCc1ccc(C(=O)C2CC3COCC(C2)N3Cc2ccccc2)cc1. The van der Waals surface area contributed by atoms with Crippen LogP contribution in [0.3, 0.4) is 0 Å². The molecule has 2 atom stereocenters. The van der Waals surface area contributed by atoms with Gasteiger partial charge in [-0.2, -0.15) is 0 Å². The minimum Gasteiger partial charge on any atom is -0.378 e. The number of rotatable bonds is 6. The van der Waals surface area contributed by atoms with Crippen molar-refractivity contribution in [2.45, 2.75) is 51.2 Å². The number of hydrogen-bond donors (Lipinski definition) is 0. The molecular weight excluding hydrogens is 334 g/mol. The van der Waals surface area contributed by atoms with Crippen LogP contribution < -0.4 is 0 Å². The van der Waals surface area contributed by atoms with Gasteiger partial charge < -0.3 is 4.74 Å². The van der Waals surface area contributed by atoms with Gasteiger partial charge in [0.05, 0.1) is 13.2 Å². The highest BCUT2D eigenvalue weighted by atomic mass is 16.5. The molecule has 4 rings (SSSR count). The van der Waals surface area contributed by atoms with Crippen molar-refractivity contribution >= 4 is 5.78 Å². The van der Waals surface area contributed by atoms with Crippen LogP contribution in [0.25, 0.3) is 0 Å². The summed E-state index contributed by atoms with van der Waals surface area (Å²) in [5.74, 6) is 0.433. The van der Waals surface area contributed by atoms with E-state index in [1.54, 1.807) is 0 Å². The number of carbonyl (C=O) groups is 1. The molecule has 0 aliphatic carbocycles. The highest BCUT2D eigenvalue weighted by Gasteiger charge is 2.41. The van der Waals surface area contributed by atoms with Gasteiger partial charge in [0, 0.05) is 30.1 Å². The molecule has 3 nitrogen and oxygen atoms in total. The molecule has 0 aromatic heterocycles. The maximum Gasteiger partial charge on any atom is 0.166 e. The molecule has 27 heavy (non-hydrogen) atoms. The zero-order chi connectivity index (χ0) is 18.6.